The lowest BCUT2D eigenvalue weighted by Gasteiger charge is -2.26. The summed E-state index contributed by atoms with van der Waals surface area (Å²) in [6, 6.07) is 15.4. The minimum Gasteiger partial charge on any atom is -0.452 e. The van der Waals surface area contributed by atoms with Crippen LogP contribution >= 0.6 is 11.8 Å². The summed E-state index contributed by atoms with van der Waals surface area (Å²) in [7, 11) is 0. The van der Waals surface area contributed by atoms with Gasteiger partial charge in [0, 0.05) is 4.90 Å². The Labute approximate surface area is 152 Å². The Bertz CT molecular complexity index is 775. The number of fused-ring (bicyclic) bond motifs is 1. The average molecular weight is 355 g/mol. The maximum atomic E-state index is 12.2. The first-order valence-electron chi connectivity index (χ1n) is 8.36. The van der Waals surface area contributed by atoms with E-state index in [0.717, 1.165) is 24.2 Å². The molecule has 0 bridgehead atoms. The molecule has 5 heteroatoms. The molecule has 4 nitrogen and oxygen atoms in total. The van der Waals surface area contributed by atoms with Crippen LogP contribution in [0.2, 0.25) is 0 Å². The van der Waals surface area contributed by atoms with Gasteiger partial charge in [-0.25, -0.2) is 4.79 Å². The highest BCUT2D eigenvalue weighted by molar-refractivity contribution is 7.98. The molecule has 2 aromatic carbocycles. The second kappa shape index (κ2) is 8.21. The molecule has 1 aliphatic carbocycles. The quantitative estimate of drug-likeness (QED) is 0.655. The molecule has 0 saturated carbocycles. The van der Waals surface area contributed by atoms with E-state index in [1.165, 1.54) is 22.9 Å². The number of aryl methyl sites for hydroxylation is 1. The number of carbonyl (C=O) groups excluding carboxylic acids is 2. The van der Waals surface area contributed by atoms with E-state index in [0.29, 0.717) is 5.56 Å². The monoisotopic (exact) mass is 355 g/mol. The van der Waals surface area contributed by atoms with Gasteiger partial charge in [0.25, 0.3) is 5.91 Å². The largest absolute Gasteiger partial charge is 0.452 e. The third-order valence-electron chi connectivity index (χ3n) is 4.37. The van der Waals surface area contributed by atoms with Crippen LogP contribution in [0.3, 0.4) is 0 Å². The Hall–Kier alpha value is -2.27. The van der Waals surface area contributed by atoms with Crippen LogP contribution in [0.1, 0.15) is 40.4 Å². The van der Waals surface area contributed by atoms with Crippen molar-refractivity contribution in [2.24, 2.45) is 0 Å². The number of thioether (sulfide) groups is 1. The molecular formula is C20H21NO3S. The molecule has 0 aliphatic heterocycles. The first-order chi connectivity index (χ1) is 12.2. The lowest BCUT2D eigenvalue weighted by atomic mass is 9.88. The summed E-state index contributed by atoms with van der Waals surface area (Å²) in [6.45, 7) is -0.264. The zero-order valence-electron chi connectivity index (χ0n) is 14.2. The van der Waals surface area contributed by atoms with Crippen molar-refractivity contribution >= 4 is 23.6 Å². The van der Waals surface area contributed by atoms with Gasteiger partial charge in [-0.1, -0.05) is 36.4 Å². The summed E-state index contributed by atoms with van der Waals surface area (Å²) in [5, 5.41) is 2.99. The zero-order valence-corrected chi connectivity index (χ0v) is 15.0. The second-order valence-electron chi connectivity index (χ2n) is 5.99. The van der Waals surface area contributed by atoms with Crippen LogP contribution in [-0.4, -0.2) is 24.7 Å². The molecule has 1 amide bonds. The molecule has 1 atom stereocenters. The number of ether oxygens (including phenoxy) is 1. The molecule has 2 aromatic rings. The highest BCUT2D eigenvalue weighted by Gasteiger charge is 2.22. The minimum absolute atomic E-state index is 0.00497. The van der Waals surface area contributed by atoms with Crippen LogP contribution in [-0.2, 0) is 16.0 Å². The van der Waals surface area contributed by atoms with Crippen LogP contribution in [0.15, 0.2) is 53.4 Å². The molecule has 0 unspecified atom stereocenters. The molecule has 0 saturated heterocycles. The third kappa shape index (κ3) is 4.23. The molecule has 0 aromatic heterocycles. The Morgan fingerprint density at radius 3 is 2.76 bits per heavy atom. The van der Waals surface area contributed by atoms with E-state index in [1.54, 1.807) is 12.1 Å². The number of rotatable bonds is 5. The van der Waals surface area contributed by atoms with E-state index < -0.39 is 5.97 Å². The van der Waals surface area contributed by atoms with Crippen LogP contribution in [0.4, 0.5) is 0 Å². The van der Waals surface area contributed by atoms with Gasteiger partial charge in [0.2, 0.25) is 0 Å². The molecule has 25 heavy (non-hydrogen) atoms. The van der Waals surface area contributed by atoms with Gasteiger partial charge in [-0.2, -0.15) is 0 Å². The predicted molar refractivity (Wildman–Crippen MR) is 98.8 cm³/mol. The van der Waals surface area contributed by atoms with Gasteiger partial charge < -0.3 is 10.1 Å². The van der Waals surface area contributed by atoms with E-state index in [9.17, 15) is 9.59 Å². The number of hydrogen-bond donors (Lipinski definition) is 1. The third-order valence-corrected chi connectivity index (χ3v) is 5.16. The van der Waals surface area contributed by atoms with E-state index >= 15 is 0 Å². The zero-order chi connectivity index (χ0) is 17.6. The van der Waals surface area contributed by atoms with Crippen LogP contribution in [0.25, 0.3) is 0 Å². The summed E-state index contributed by atoms with van der Waals surface area (Å²) < 4.78 is 5.20. The summed E-state index contributed by atoms with van der Waals surface area (Å²) in [4.78, 5) is 25.3. The van der Waals surface area contributed by atoms with E-state index in [-0.39, 0.29) is 18.6 Å². The summed E-state index contributed by atoms with van der Waals surface area (Å²) in [5.41, 5.74) is 2.94. The lowest BCUT2D eigenvalue weighted by Crippen LogP contribution is -2.34. The van der Waals surface area contributed by atoms with E-state index in [4.69, 9.17) is 4.74 Å². The van der Waals surface area contributed by atoms with Gasteiger partial charge in [0.05, 0.1) is 11.6 Å². The van der Waals surface area contributed by atoms with Crippen molar-refractivity contribution in [3.63, 3.8) is 0 Å². The fourth-order valence-electron chi connectivity index (χ4n) is 3.16. The Morgan fingerprint density at radius 2 is 1.92 bits per heavy atom. The van der Waals surface area contributed by atoms with Gasteiger partial charge in [0.15, 0.2) is 6.61 Å². The minimum atomic E-state index is -0.468. The van der Waals surface area contributed by atoms with Crippen LogP contribution in [0, 0.1) is 0 Å². The molecule has 1 aliphatic rings. The number of esters is 1. The van der Waals surface area contributed by atoms with Gasteiger partial charge in [-0.15, -0.1) is 11.8 Å². The van der Waals surface area contributed by atoms with Crippen molar-refractivity contribution in [2.45, 2.75) is 30.2 Å². The standard InChI is InChI=1S/C20H21NO3S/c1-25-18-12-5-4-10-16(18)20(23)24-13-19(22)21-17-11-6-8-14-7-2-3-9-15(14)17/h2-5,7,9-10,12,17H,6,8,11,13H2,1H3,(H,21,22)/t17-/m0/s1. The average Bonchev–Trinajstić information content (AvgIpc) is 2.66. The van der Waals surface area contributed by atoms with Crippen molar-refractivity contribution in [1.29, 1.82) is 0 Å². The summed E-state index contributed by atoms with van der Waals surface area (Å²) >= 11 is 1.48. The maximum Gasteiger partial charge on any atom is 0.339 e. The maximum absolute atomic E-state index is 12.2. The molecule has 1 N–H and O–H groups in total. The van der Waals surface area contributed by atoms with E-state index in [1.807, 2.05) is 30.5 Å². The SMILES string of the molecule is CSc1ccccc1C(=O)OCC(=O)N[C@H]1CCCc2ccccc21. The molecular weight excluding hydrogens is 334 g/mol. The number of nitrogens with one attached hydrogen (secondary N) is 1. The number of amides is 1. The highest BCUT2D eigenvalue weighted by atomic mass is 32.2. The molecule has 0 radical (unpaired) electrons. The normalized spacial score (nSPS) is 16.0. The fourth-order valence-corrected chi connectivity index (χ4v) is 3.75. The smallest absolute Gasteiger partial charge is 0.339 e. The fraction of sp³-hybridized carbons (Fsp3) is 0.300. The van der Waals surface area contributed by atoms with Gasteiger partial charge in [0.1, 0.15) is 0 Å². The van der Waals surface area contributed by atoms with Crippen molar-refractivity contribution < 1.29 is 14.3 Å². The van der Waals surface area contributed by atoms with Gasteiger partial charge in [-0.3, -0.25) is 4.79 Å². The molecule has 130 valence electrons. The summed E-state index contributed by atoms with van der Waals surface area (Å²) in [5.74, 6) is -0.735. The van der Waals surface area contributed by atoms with Crippen LogP contribution < -0.4 is 5.32 Å². The van der Waals surface area contributed by atoms with Crippen molar-refractivity contribution in [3.05, 3.63) is 65.2 Å². The lowest BCUT2D eigenvalue weighted by molar-refractivity contribution is -0.125. The number of carbonyl (C=O) groups is 2. The number of benzene rings is 2. The highest BCUT2D eigenvalue weighted by Crippen LogP contribution is 2.29. The molecule has 0 heterocycles. The Balaban J connectivity index is 1.58. The van der Waals surface area contributed by atoms with Crippen LogP contribution in [0.5, 0.6) is 0 Å². The van der Waals surface area contributed by atoms with Crippen molar-refractivity contribution in [3.8, 4) is 0 Å². The molecule has 3 rings (SSSR count). The predicted octanol–water partition coefficient (Wildman–Crippen LogP) is 3.76. The molecule has 0 fully saturated rings. The van der Waals surface area contributed by atoms with Gasteiger partial charge in [-0.05, 0) is 48.8 Å². The number of hydrogen-bond acceptors (Lipinski definition) is 4. The van der Waals surface area contributed by atoms with Crippen molar-refractivity contribution in [1.82, 2.24) is 5.32 Å². The van der Waals surface area contributed by atoms with E-state index in [2.05, 4.69) is 17.4 Å². The first kappa shape index (κ1) is 17.5. The molecule has 0 spiro atoms. The Morgan fingerprint density at radius 1 is 1.16 bits per heavy atom. The summed E-state index contributed by atoms with van der Waals surface area (Å²) in [6.07, 6.45) is 4.90. The van der Waals surface area contributed by atoms with Gasteiger partial charge >= 0.3 is 5.97 Å². The first-order valence-corrected chi connectivity index (χ1v) is 9.59. The van der Waals surface area contributed by atoms with Crippen molar-refractivity contribution in [2.75, 3.05) is 12.9 Å². The topological polar surface area (TPSA) is 55.4 Å². The Kier molecular flexibility index (Phi) is 5.76. The second-order valence-corrected chi connectivity index (χ2v) is 6.84.